The lowest BCUT2D eigenvalue weighted by Gasteiger charge is -2.40. The number of hydrogen-bond acceptors (Lipinski definition) is 8. The fourth-order valence-corrected chi connectivity index (χ4v) is 17.6. The van der Waals surface area contributed by atoms with Crippen molar-refractivity contribution in [3.8, 4) is 16.5 Å². The van der Waals surface area contributed by atoms with Crippen LogP contribution in [-0.4, -0.2) is 36.1 Å². The summed E-state index contributed by atoms with van der Waals surface area (Å²) in [5.41, 5.74) is 5.30. The summed E-state index contributed by atoms with van der Waals surface area (Å²) in [5, 5.41) is 13.9. The highest BCUT2D eigenvalue weighted by Crippen LogP contribution is 2.53. The average Bonchev–Trinajstić information content (AvgIpc) is 3.95. The van der Waals surface area contributed by atoms with Crippen LogP contribution in [0, 0.1) is 21.1 Å². The molecule has 7 nitrogen and oxygen atoms in total. The van der Waals surface area contributed by atoms with E-state index in [1.54, 1.807) is 12.1 Å². The monoisotopic (exact) mass is 883 g/mol. The average molecular weight is 884 g/mol. The highest BCUT2D eigenvalue weighted by Gasteiger charge is 2.47. The molecule has 9 rings (SSSR count). The Morgan fingerprint density at radius 2 is 1.56 bits per heavy atom. The molecule has 0 bridgehead atoms. The van der Waals surface area contributed by atoms with E-state index in [9.17, 15) is 18.2 Å². The van der Waals surface area contributed by atoms with Crippen LogP contribution in [0.25, 0.3) is 16.0 Å². The van der Waals surface area contributed by atoms with Crippen molar-refractivity contribution in [3.05, 3.63) is 144 Å². The van der Waals surface area contributed by atoms with Gasteiger partial charge in [0, 0.05) is 94.5 Å². The maximum absolute atomic E-state index is 16.6. The zero-order valence-corrected chi connectivity index (χ0v) is 39.5. The summed E-state index contributed by atoms with van der Waals surface area (Å²) < 4.78 is 60.2. The lowest BCUT2D eigenvalue weighted by molar-refractivity contribution is 0.276. The molecule has 0 aliphatic carbocycles. The van der Waals surface area contributed by atoms with E-state index in [4.69, 9.17) is 0 Å². The third-order valence-electron chi connectivity index (χ3n) is 13.8. The van der Waals surface area contributed by atoms with Gasteiger partial charge in [-0.2, -0.15) is 5.26 Å². The van der Waals surface area contributed by atoms with Gasteiger partial charge in [-0.1, -0.05) is 56.3 Å². The normalized spacial score (nSPS) is 21.7. The second kappa shape index (κ2) is 14.2. The van der Waals surface area contributed by atoms with Crippen LogP contribution in [0.4, 0.5) is 5.69 Å². The van der Waals surface area contributed by atoms with Crippen LogP contribution >= 0.6 is 29.8 Å². The third kappa shape index (κ3) is 6.13. The fourth-order valence-electron chi connectivity index (χ4n) is 10.5. The van der Waals surface area contributed by atoms with Gasteiger partial charge >= 0.3 is 0 Å². The van der Waals surface area contributed by atoms with E-state index < -0.39 is 22.2 Å². The maximum Gasteiger partial charge on any atom is 0.204 e. The van der Waals surface area contributed by atoms with Crippen molar-refractivity contribution >= 4 is 67.1 Å². The van der Waals surface area contributed by atoms with Gasteiger partial charge in [-0.25, -0.2) is 13.0 Å². The Labute approximate surface area is 366 Å². The molecule has 0 N–H and O–H groups in total. The van der Waals surface area contributed by atoms with Crippen LogP contribution in [0.3, 0.4) is 0 Å². The van der Waals surface area contributed by atoms with Crippen molar-refractivity contribution in [2.75, 3.05) is 4.90 Å². The smallest absolute Gasteiger partial charge is 0.204 e. The van der Waals surface area contributed by atoms with Crippen molar-refractivity contribution < 1.29 is 17.5 Å². The Bertz CT molecular complexity index is 3280. The largest absolute Gasteiger partial charge is 0.744 e. The lowest BCUT2D eigenvalue weighted by Crippen LogP contribution is -2.47. The van der Waals surface area contributed by atoms with Crippen LogP contribution < -0.4 is 35.3 Å². The molecule has 3 atom stereocenters. The van der Waals surface area contributed by atoms with E-state index in [-0.39, 0.29) is 34.0 Å². The number of nitriles is 1. The molecule has 3 aliphatic rings. The Hall–Kier alpha value is -4.62. The van der Waals surface area contributed by atoms with Gasteiger partial charge in [0.1, 0.15) is 16.2 Å². The molecule has 5 heterocycles. The minimum Gasteiger partial charge on any atom is -0.744 e. The minimum atomic E-state index is -5.06. The van der Waals surface area contributed by atoms with Gasteiger partial charge in [0.2, 0.25) is 5.36 Å². The van der Waals surface area contributed by atoms with Crippen molar-refractivity contribution in [3.63, 3.8) is 0 Å². The molecule has 61 heavy (non-hydrogen) atoms. The summed E-state index contributed by atoms with van der Waals surface area (Å²) in [4.78, 5) is 3.58. The molecule has 0 fully saturated rings. The number of rotatable bonds is 6. The molecule has 6 aromatic rings. The van der Waals surface area contributed by atoms with Gasteiger partial charge in [-0.05, 0) is 106 Å². The van der Waals surface area contributed by atoms with Gasteiger partial charge in [-0.3, -0.25) is 0 Å². The van der Waals surface area contributed by atoms with Gasteiger partial charge < -0.3 is 14.0 Å². The van der Waals surface area contributed by atoms with Crippen LogP contribution in [0.2, 0.25) is 0 Å². The fraction of sp³-hybridized carbons (Fsp3) is 0.320. The van der Waals surface area contributed by atoms with Crippen molar-refractivity contribution in [1.82, 2.24) is 4.58 Å². The van der Waals surface area contributed by atoms with E-state index in [2.05, 4.69) is 115 Å². The first-order valence-electron chi connectivity index (χ1n) is 20.9. The highest BCUT2D eigenvalue weighted by atomic mass is 32.2. The predicted molar refractivity (Wildman–Crippen MR) is 250 cm³/mol. The maximum atomic E-state index is 16.6. The van der Waals surface area contributed by atoms with Crippen molar-refractivity contribution in [2.24, 2.45) is 0 Å². The van der Waals surface area contributed by atoms with Gasteiger partial charge in [0.05, 0.1) is 22.4 Å². The molecule has 0 radical (unpaired) electrons. The SMILES string of the molecule is CC(C)N1c2ccc(-c3cc4c(s3)C(c3ccc(C#N)cc3S(=O)(=O)[O-])=c3s/c(=c5/ccc6c(c5)C(C)C(C)(C)[N+]=6C(C)C)cc3P4(=O)c3ccccc3)cc2C(C)C1(C)C. The van der Waals surface area contributed by atoms with E-state index in [0.717, 1.165) is 20.2 Å². The molecular weight excluding hydrogens is 834 g/mol. The van der Waals surface area contributed by atoms with Gasteiger partial charge in [0.15, 0.2) is 12.7 Å². The molecule has 3 aliphatic heterocycles. The van der Waals surface area contributed by atoms with Gasteiger partial charge in [0.25, 0.3) is 0 Å². The van der Waals surface area contributed by atoms with Crippen LogP contribution in [0.5, 0.6) is 0 Å². The number of thiophene rings is 2. The molecule has 3 unspecified atom stereocenters. The van der Waals surface area contributed by atoms with Crippen LogP contribution in [0.15, 0.2) is 102 Å². The Morgan fingerprint density at radius 3 is 2.21 bits per heavy atom. The molecule has 4 aromatic carbocycles. The standard InChI is InChI=1S/C50H50N3O4PS3/c1-28(2)52-39-20-17-33(23-37(39)30(5)49(52,7)8)43-25-41-47(59-43)46(36-19-16-32(27-51)22-45(36)61(55,56)57)48-42(58(41,54)35-14-12-11-13-15-35)26-44(60-48)34-18-21-40-38(24-34)31(6)50(9,10)53(40)29(3)4/h11-26,28-31H,1-10H3. The topological polar surface area (TPSA) is 104 Å². The van der Waals surface area contributed by atoms with E-state index in [1.165, 1.54) is 50.9 Å². The summed E-state index contributed by atoms with van der Waals surface area (Å²) in [5.74, 6) is 0.486. The molecule has 0 saturated carbocycles. The van der Waals surface area contributed by atoms with Crippen LogP contribution in [0.1, 0.15) is 108 Å². The van der Waals surface area contributed by atoms with Crippen molar-refractivity contribution in [1.29, 1.82) is 5.26 Å². The number of anilines is 1. The quantitative estimate of drug-likeness (QED) is 0.0942. The third-order valence-corrected chi connectivity index (χ3v) is 20.5. The first-order valence-corrected chi connectivity index (χ1v) is 25.7. The second-order valence-corrected chi connectivity index (χ2v) is 24.6. The predicted octanol–water partition coefficient (Wildman–Crippen LogP) is 8.65. The molecular formula is C50H50N3O4PS3. The van der Waals surface area contributed by atoms with Gasteiger partial charge in [-0.15, -0.1) is 22.7 Å². The first kappa shape index (κ1) is 41.7. The Morgan fingerprint density at radius 1 is 0.836 bits per heavy atom. The summed E-state index contributed by atoms with van der Waals surface area (Å²) >= 11 is 2.95. The summed E-state index contributed by atoms with van der Waals surface area (Å²) in [7, 11) is -8.67. The highest BCUT2D eigenvalue weighted by molar-refractivity contribution is 7.86. The zero-order chi connectivity index (χ0) is 43.7. The molecule has 312 valence electrons. The first-order chi connectivity index (χ1) is 28.7. The van der Waals surface area contributed by atoms with E-state index in [1.807, 2.05) is 48.5 Å². The second-order valence-electron chi connectivity index (χ2n) is 18.5. The van der Waals surface area contributed by atoms with Crippen molar-refractivity contribution in [2.45, 2.75) is 109 Å². The summed E-state index contributed by atoms with van der Waals surface area (Å²) in [6.45, 7) is 22.6. The van der Waals surface area contributed by atoms with Crippen LogP contribution in [-0.2, 0) is 14.7 Å². The summed E-state index contributed by atoms with van der Waals surface area (Å²) in [6, 6.07) is 33.7. The zero-order valence-electron chi connectivity index (χ0n) is 36.2. The molecule has 0 spiro atoms. The molecule has 0 amide bonds. The number of fused-ring (bicyclic) bond motifs is 4. The summed E-state index contributed by atoms with van der Waals surface area (Å²) in [6.07, 6.45) is 0. The Balaban J connectivity index is 1.40. The minimum absolute atomic E-state index is 0.0694. The number of nitrogens with zero attached hydrogens (tertiary/aromatic N) is 3. The van der Waals surface area contributed by atoms with E-state index >= 15 is 4.57 Å². The number of hydrogen-bond donors (Lipinski definition) is 0. The van der Waals surface area contributed by atoms with E-state index in [0.29, 0.717) is 43.0 Å². The molecule has 11 heteroatoms. The molecule has 0 saturated heterocycles. The Kier molecular flexibility index (Phi) is 9.71. The number of benzene rings is 4. The molecule has 2 aromatic heterocycles. The lowest BCUT2D eigenvalue weighted by atomic mass is 9.85.